The van der Waals surface area contributed by atoms with Crippen LogP contribution in [0.4, 0.5) is 5.69 Å². The average molecular weight is 670 g/mol. The molecule has 0 saturated heterocycles. The minimum atomic E-state index is -4.21. The first-order chi connectivity index (χ1) is 23.3. The Morgan fingerprint density at radius 2 is 1.38 bits per heavy atom. The molecule has 48 heavy (non-hydrogen) atoms. The number of anilines is 1. The van der Waals surface area contributed by atoms with Crippen LogP contribution in [0.1, 0.15) is 43.2 Å². The van der Waals surface area contributed by atoms with Gasteiger partial charge in [0.25, 0.3) is 10.0 Å². The fraction of sp³-hybridized carbons (Fsp3) is 0.316. The number of carbonyl (C=O) groups excluding carboxylic acids is 2. The molecule has 1 aliphatic carbocycles. The van der Waals surface area contributed by atoms with Crippen LogP contribution in [0, 0.1) is 0 Å². The van der Waals surface area contributed by atoms with Crippen molar-refractivity contribution in [3.8, 4) is 11.5 Å². The molecule has 1 N–H and O–H groups in total. The fourth-order valence-electron chi connectivity index (χ4n) is 6.08. The van der Waals surface area contributed by atoms with Crippen LogP contribution in [-0.4, -0.2) is 58.0 Å². The summed E-state index contributed by atoms with van der Waals surface area (Å²) in [5.74, 6) is 0.256. The maximum Gasteiger partial charge on any atom is 0.264 e. The van der Waals surface area contributed by atoms with E-state index in [1.54, 1.807) is 49.6 Å². The second-order valence-corrected chi connectivity index (χ2v) is 13.8. The Morgan fingerprint density at radius 1 is 0.771 bits per heavy atom. The van der Waals surface area contributed by atoms with E-state index >= 15 is 0 Å². The van der Waals surface area contributed by atoms with E-state index in [9.17, 15) is 18.0 Å². The van der Waals surface area contributed by atoms with Crippen LogP contribution in [0.2, 0.25) is 0 Å². The molecule has 0 bridgehead atoms. The number of hydrogen-bond donors (Lipinski definition) is 1. The van der Waals surface area contributed by atoms with Crippen molar-refractivity contribution in [1.82, 2.24) is 10.2 Å². The van der Waals surface area contributed by atoms with Crippen LogP contribution < -0.4 is 19.1 Å². The molecule has 0 aromatic heterocycles. The molecule has 9 nitrogen and oxygen atoms in total. The lowest BCUT2D eigenvalue weighted by molar-refractivity contribution is -0.140. The van der Waals surface area contributed by atoms with Gasteiger partial charge >= 0.3 is 0 Å². The van der Waals surface area contributed by atoms with Crippen molar-refractivity contribution < 1.29 is 27.5 Å². The summed E-state index contributed by atoms with van der Waals surface area (Å²) in [6.07, 6.45) is 5.22. The molecule has 1 aliphatic rings. The molecule has 0 radical (unpaired) electrons. The second-order valence-electron chi connectivity index (χ2n) is 11.9. The highest BCUT2D eigenvalue weighted by molar-refractivity contribution is 7.92. The number of benzene rings is 4. The Bertz CT molecular complexity index is 1760. The van der Waals surface area contributed by atoms with Crippen molar-refractivity contribution in [2.45, 2.75) is 62.0 Å². The van der Waals surface area contributed by atoms with Gasteiger partial charge in [-0.2, -0.15) is 0 Å². The molecule has 252 valence electrons. The maximum absolute atomic E-state index is 14.7. The molecule has 0 aliphatic heterocycles. The van der Waals surface area contributed by atoms with Crippen molar-refractivity contribution >= 4 is 27.5 Å². The van der Waals surface area contributed by atoms with E-state index in [-0.39, 0.29) is 35.5 Å². The third-order valence-corrected chi connectivity index (χ3v) is 10.4. The van der Waals surface area contributed by atoms with Gasteiger partial charge in [0.05, 0.1) is 24.8 Å². The van der Waals surface area contributed by atoms with Crippen LogP contribution in [-0.2, 0) is 32.6 Å². The highest BCUT2D eigenvalue weighted by Crippen LogP contribution is 2.28. The van der Waals surface area contributed by atoms with Crippen molar-refractivity contribution in [2.75, 3.05) is 25.1 Å². The smallest absolute Gasteiger partial charge is 0.264 e. The normalized spacial score (nSPS) is 14.0. The highest BCUT2D eigenvalue weighted by Gasteiger charge is 2.35. The molecule has 1 unspecified atom stereocenters. The monoisotopic (exact) mass is 669 g/mol. The summed E-state index contributed by atoms with van der Waals surface area (Å²) in [6.45, 7) is -0.487. The van der Waals surface area contributed by atoms with Crippen molar-refractivity contribution in [3.63, 3.8) is 0 Å². The third-order valence-electron chi connectivity index (χ3n) is 8.66. The van der Waals surface area contributed by atoms with Crippen LogP contribution in [0.3, 0.4) is 0 Å². The van der Waals surface area contributed by atoms with Gasteiger partial charge in [-0.15, -0.1) is 0 Å². The van der Waals surface area contributed by atoms with Gasteiger partial charge in [0.15, 0.2) is 0 Å². The summed E-state index contributed by atoms with van der Waals surface area (Å²) in [4.78, 5) is 30.5. The topological polar surface area (TPSA) is 105 Å². The van der Waals surface area contributed by atoms with E-state index < -0.39 is 28.5 Å². The standard InChI is InChI=1S/C38H43N3O6S/c1-46-33-20-12-16-30(24-33)27-40(36(25-29-14-6-3-7-15-29)38(43)39-31-17-8-4-9-18-31)37(42)28-41(32-19-13-21-34(26-32)47-2)48(44,45)35-22-10-5-11-23-35/h3,5-7,10-16,19-24,26,31,36H,4,8-9,17-18,25,27-28H2,1-2H3,(H,39,43). The number of nitrogens with zero attached hydrogens (tertiary/aromatic N) is 2. The lowest BCUT2D eigenvalue weighted by Gasteiger charge is -2.35. The van der Waals surface area contributed by atoms with Gasteiger partial charge in [0.1, 0.15) is 24.1 Å². The molecule has 1 fully saturated rings. The van der Waals surface area contributed by atoms with E-state index in [4.69, 9.17) is 9.47 Å². The van der Waals surface area contributed by atoms with Crippen molar-refractivity contribution in [3.05, 3.63) is 120 Å². The Morgan fingerprint density at radius 3 is 2.04 bits per heavy atom. The first kappa shape index (κ1) is 34.5. The van der Waals surface area contributed by atoms with Gasteiger partial charge in [-0.3, -0.25) is 13.9 Å². The Labute approximate surface area is 283 Å². The molecule has 5 rings (SSSR count). The lowest BCUT2D eigenvalue weighted by Crippen LogP contribution is -2.55. The van der Waals surface area contributed by atoms with Gasteiger partial charge in [-0.1, -0.05) is 86.0 Å². The summed E-state index contributed by atoms with van der Waals surface area (Å²) in [6, 6.07) is 30.6. The average Bonchev–Trinajstić information content (AvgIpc) is 3.13. The number of amides is 2. The minimum Gasteiger partial charge on any atom is -0.497 e. The maximum atomic E-state index is 14.7. The summed E-state index contributed by atoms with van der Waals surface area (Å²) in [7, 11) is -1.15. The summed E-state index contributed by atoms with van der Waals surface area (Å²) in [5.41, 5.74) is 1.88. The second kappa shape index (κ2) is 16.3. The summed E-state index contributed by atoms with van der Waals surface area (Å²) < 4.78 is 40.4. The highest BCUT2D eigenvalue weighted by atomic mass is 32.2. The predicted molar refractivity (Wildman–Crippen MR) is 186 cm³/mol. The largest absolute Gasteiger partial charge is 0.497 e. The van der Waals surface area contributed by atoms with Crippen LogP contribution in [0.25, 0.3) is 0 Å². The lowest BCUT2D eigenvalue weighted by atomic mass is 9.94. The Hall–Kier alpha value is -4.83. The van der Waals surface area contributed by atoms with Crippen molar-refractivity contribution in [1.29, 1.82) is 0 Å². The molecular formula is C38H43N3O6S. The molecule has 1 atom stereocenters. The minimum absolute atomic E-state index is 0.0186. The van der Waals surface area contributed by atoms with E-state index in [1.165, 1.54) is 24.1 Å². The molecule has 4 aromatic carbocycles. The van der Waals surface area contributed by atoms with E-state index in [1.807, 2.05) is 54.6 Å². The van der Waals surface area contributed by atoms with Crippen LogP contribution in [0.15, 0.2) is 114 Å². The first-order valence-electron chi connectivity index (χ1n) is 16.3. The Balaban J connectivity index is 1.57. The van der Waals surface area contributed by atoms with Crippen LogP contribution >= 0.6 is 0 Å². The molecule has 0 heterocycles. The van der Waals surface area contributed by atoms with Gasteiger partial charge in [-0.05, 0) is 60.4 Å². The molecule has 10 heteroatoms. The van der Waals surface area contributed by atoms with Gasteiger partial charge in [0.2, 0.25) is 11.8 Å². The fourth-order valence-corrected chi connectivity index (χ4v) is 7.51. The van der Waals surface area contributed by atoms with E-state index in [2.05, 4.69) is 5.32 Å². The molecule has 1 saturated carbocycles. The zero-order valence-corrected chi connectivity index (χ0v) is 28.3. The van der Waals surface area contributed by atoms with Gasteiger partial charge in [-0.25, -0.2) is 8.42 Å². The Kier molecular flexibility index (Phi) is 11.7. The van der Waals surface area contributed by atoms with Crippen molar-refractivity contribution in [2.24, 2.45) is 0 Å². The number of sulfonamides is 1. The van der Waals surface area contributed by atoms with Gasteiger partial charge < -0.3 is 19.7 Å². The third kappa shape index (κ3) is 8.74. The SMILES string of the molecule is COc1cccc(CN(C(=O)CN(c2cccc(OC)c2)S(=O)(=O)c2ccccc2)C(Cc2ccccc2)C(=O)NC2CCCCC2)c1. The molecule has 0 spiro atoms. The van der Waals surface area contributed by atoms with Gasteiger partial charge in [0, 0.05) is 25.1 Å². The summed E-state index contributed by atoms with van der Waals surface area (Å²) >= 11 is 0. The number of nitrogens with one attached hydrogen (secondary N) is 1. The summed E-state index contributed by atoms with van der Waals surface area (Å²) in [5, 5.41) is 3.23. The van der Waals surface area contributed by atoms with Crippen LogP contribution in [0.5, 0.6) is 11.5 Å². The molecule has 2 amide bonds. The predicted octanol–water partition coefficient (Wildman–Crippen LogP) is 5.99. The first-order valence-corrected chi connectivity index (χ1v) is 17.7. The number of ether oxygens (including phenoxy) is 2. The quantitative estimate of drug-likeness (QED) is 0.177. The number of carbonyl (C=O) groups is 2. The van der Waals surface area contributed by atoms with E-state index in [0.717, 1.165) is 47.5 Å². The molecule has 4 aromatic rings. The zero-order valence-electron chi connectivity index (χ0n) is 27.5. The number of rotatable bonds is 14. The number of hydrogen-bond acceptors (Lipinski definition) is 6. The number of methoxy groups -OCH3 is 2. The molecular weight excluding hydrogens is 627 g/mol. The van der Waals surface area contributed by atoms with E-state index in [0.29, 0.717) is 11.5 Å². The zero-order chi connectivity index (χ0) is 33.9.